The molecule has 0 bridgehead atoms. The molecule has 3 aromatic rings. The molecule has 1 aliphatic rings. The molecular formula is C31H32N2O7. The van der Waals surface area contributed by atoms with E-state index in [9.17, 15) is 4.79 Å². The van der Waals surface area contributed by atoms with Gasteiger partial charge >= 0.3 is 0 Å². The molecule has 1 aliphatic carbocycles. The summed E-state index contributed by atoms with van der Waals surface area (Å²) in [6.45, 7) is 0.301. The fourth-order valence-corrected chi connectivity index (χ4v) is 4.52. The number of hydrogen-bond acceptors (Lipinski definition) is 9. The predicted molar refractivity (Wildman–Crippen MR) is 152 cm³/mol. The number of ether oxygens (including phenoxy) is 6. The van der Waals surface area contributed by atoms with Crippen LogP contribution in [0.25, 0.3) is 0 Å². The standard InChI is InChI=1S/C31H32N2O7/c1-35-24-14-19(15-25(36-2)30(24)39-5)28(33-18-21-10-7-8-13-32-21)22-11-9-12-23(22)29(34)20-16-26(37-3)31(40-6)27(17-20)38-4/h7-8,10-17H,9,18H2,1-6H3. The van der Waals surface area contributed by atoms with E-state index < -0.39 is 0 Å². The highest BCUT2D eigenvalue weighted by Crippen LogP contribution is 2.41. The number of allylic oxidation sites excluding steroid dienone is 4. The average molecular weight is 545 g/mol. The summed E-state index contributed by atoms with van der Waals surface area (Å²) in [5, 5.41) is 0. The molecule has 40 heavy (non-hydrogen) atoms. The fraction of sp³-hybridized carbons (Fsp3) is 0.258. The van der Waals surface area contributed by atoms with Crippen LogP contribution in [0.2, 0.25) is 0 Å². The van der Waals surface area contributed by atoms with Crippen molar-refractivity contribution < 1.29 is 33.2 Å². The van der Waals surface area contributed by atoms with Crippen LogP contribution in [0, 0.1) is 0 Å². The van der Waals surface area contributed by atoms with Gasteiger partial charge in [0.2, 0.25) is 11.5 Å². The highest BCUT2D eigenvalue weighted by Gasteiger charge is 2.27. The van der Waals surface area contributed by atoms with Crippen LogP contribution < -0.4 is 28.4 Å². The number of carbonyl (C=O) groups is 1. The van der Waals surface area contributed by atoms with Gasteiger partial charge in [-0.05, 0) is 42.8 Å². The van der Waals surface area contributed by atoms with Crippen LogP contribution in [-0.2, 0) is 6.54 Å². The van der Waals surface area contributed by atoms with E-state index in [1.807, 2.05) is 42.5 Å². The maximum absolute atomic E-state index is 14.0. The Hall–Kier alpha value is -4.79. The van der Waals surface area contributed by atoms with Crippen molar-refractivity contribution in [3.8, 4) is 34.5 Å². The van der Waals surface area contributed by atoms with Crippen LogP contribution in [-0.4, -0.2) is 59.1 Å². The summed E-state index contributed by atoms with van der Waals surface area (Å²) >= 11 is 0. The van der Waals surface area contributed by atoms with Crippen molar-refractivity contribution in [3.63, 3.8) is 0 Å². The third-order valence-corrected chi connectivity index (χ3v) is 6.42. The van der Waals surface area contributed by atoms with Gasteiger partial charge < -0.3 is 28.4 Å². The zero-order valence-electron chi connectivity index (χ0n) is 23.4. The van der Waals surface area contributed by atoms with E-state index in [0.29, 0.717) is 75.4 Å². The summed E-state index contributed by atoms with van der Waals surface area (Å²) in [6.07, 6.45) is 6.15. The largest absolute Gasteiger partial charge is 0.493 e. The molecule has 0 radical (unpaired) electrons. The predicted octanol–water partition coefficient (Wildman–Crippen LogP) is 5.26. The number of aromatic nitrogens is 1. The van der Waals surface area contributed by atoms with E-state index in [1.54, 1.807) is 39.7 Å². The van der Waals surface area contributed by atoms with Crippen molar-refractivity contribution in [1.29, 1.82) is 0 Å². The number of aliphatic imine (C=N–C) groups is 1. The fourth-order valence-electron chi connectivity index (χ4n) is 4.52. The molecular weight excluding hydrogens is 512 g/mol. The Labute approximate surface area is 233 Å². The van der Waals surface area contributed by atoms with E-state index in [1.165, 1.54) is 21.3 Å². The highest BCUT2D eigenvalue weighted by atomic mass is 16.5. The van der Waals surface area contributed by atoms with Crippen LogP contribution in [0.15, 0.2) is 77.0 Å². The second-order valence-corrected chi connectivity index (χ2v) is 8.61. The minimum Gasteiger partial charge on any atom is -0.493 e. The van der Waals surface area contributed by atoms with Gasteiger partial charge in [-0.1, -0.05) is 18.2 Å². The summed E-state index contributed by atoms with van der Waals surface area (Å²) < 4.78 is 33.1. The van der Waals surface area contributed by atoms with Gasteiger partial charge in [0, 0.05) is 28.5 Å². The Bertz CT molecular complexity index is 1430. The number of Topliss-reactive ketones (excluding diaryl/α,β-unsaturated/α-hetero) is 1. The van der Waals surface area contributed by atoms with Gasteiger partial charge in [0.1, 0.15) is 0 Å². The molecule has 0 atom stereocenters. The van der Waals surface area contributed by atoms with E-state index in [-0.39, 0.29) is 5.78 Å². The number of nitrogens with zero attached hydrogens (tertiary/aromatic N) is 2. The van der Waals surface area contributed by atoms with Crippen LogP contribution in [0.5, 0.6) is 34.5 Å². The molecule has 0 saturated heterocycles. The molecule has 9 nitrogen and oxygen atoms in total. The van der Waals surface area contributed by atoms with E-state index in [2.05, 4.69) is 4.98 Å². The molecule has 0 N–H and O–H groups in total. The van der Waals surface area contributed by atoms with Crippen LogP contribution in [0.1, 0.15) is 28.0 Å². The Morgan fingerprint density at radius 3 is 1.73 bits per heavy atom. The van der Waals surface area contributed by atoms with Crippen molar-refractivity contribution in [3.05, 3.63) is 88.8 Å². The summed E-state index contributed by atoms with van der Waals surface area (Å²) in [7, 11) is 9.20. The first-order valence-corrected chi connectivity index (χ1v) is 12.5. The van der Waals surface area contributed by atoms with Gasteiger partial charge in [-0.15, -0.1) is 0 Å². The summed E-state index contributed by atoms with van der Waals surface area (Å²) in [5.41, 5.74) is 3.65. The molecule has 4 rings (SSSR count). The minimum atomic E-state index is -0.207. The van der Waals surface area contributed by atoms with Gasteiger partial charge in [-0.3, -0.25) is 14.8 Å². The van der Waals surface area contributed by atoms with Crippen molar-refractivity contribution in [1.82, 2.24) is 4.98 Å². The van der Waals surface area contributed by atoms with E-state index >= 15 is 0 Å². The normalized spacial score (nSPS) is 12.8. The molecule has 9 heteroatoms. The SMILES string of the molecule is COc1cc(C(=O)C2=CCC=C2C(=NCc2ccccn2)c2cc(OC)c(OC)c(OC)c2)cc(OC)c1OC. The third-order valence-electron chi connectivity index (χ3n) is 6.42. The quantitative estimate of drug-likeness (QED) is 0.225. The number of rotatable bonds is 12. The molecule has 0 saturated carbocycles. The molecule has 208 valence electrons. The molecule has 0 amide bonds. The van der Waals surface area contributed by atoms with Gasteiger partial charge in [0.25, 0.3) is 0 Å². The van der Waals surface area contributed by atoms with Crippen molar-refractivity contribution in [2.75, 3.05) is 42.7 Å². The Morgan fingerprint density at radius 1 is 0.725 bits per heavy atom. The van der Waals surface area contributed by atoms with Crippen molar-refractivity contribution in [2.24, 2.45) is 4.99 Å². The van der Waals surface area contributed by atoms with Crippen molar-refractivity contribution >= 4 is 11.5 Å². The number of hydrogen-bond donors (Lipinski definition) is 0. The van der Waals surface area contributed by atoms with E-state index in [4.69, 9.17) is 33.4 Å². The van der Waals surface area contributed by atoms with Gasteiger partial charge in [0.15, 0.2) is 28.8 Å². The summed E-state index contributed by atoms with van der Waals surface area (Å²) in [6, 6.07) is 12.6. The number of ketones is 1. The first kappa shape index (κ1) is 28.2. The van der Waals surface area contributed by atoms with E-state index in [0.717, 1.165) is 5.69 Å². The Morgan fingerprint density at radius 2 is 1.25 bits per heavy atom. The Kier molecular flexibility index (Phi) is 9.06. The van der Waals surface area contributed by atoms with Crippen LogP contribution in [0.3, 0.4) is 0 Å². The molecule has 0 spiro atoms. The lowest BCUT2D eigenvalue weighted by Crippen LogP contribution is -2.14. The molecule has 0 unspecified atom stereocenters. The van der Waals surface area contributed by atoms with Crippen LogP contribution in [0.4, 0.5) is 0 Å². The number of benzene rings is 2. The molecule has 0 fully saturated rings. The first-order chi connectivity index (χ1) is 19.5. The zero-order chi connectivity index (χ0) is 28.6. The van der Waals surface area contributed by atoms with Crippen LogP contribution >= 0.6 is 0 Å². The van der Waals surface area contributed by atoms with Gasteiger partial charge in [-0.25, -0.2) is 0 Å². The second kappa shape index (κ2) is 12.8. The number of carbonyl (C=O) groups excluding carboxylic acids is 1. The molecule has 2 aromatic carbocycles. The molecule has 1 heterocycles. The summed E-state index contributed by atoms with van der Waals surface area (Å²) in [5.74, 6) is 2.40. The van der Waals surface area contributed by atoms with Crippen molar-refractivity contribution in [2.45, 2.75) is 13.0 Å². The minimum absolute atomic E-state index is 0.207. The topological polar surface area (TPSA) is 97.7 Å². The Balaban J connectivity index is 1.82. The molecule has 0 aliphatic heterocycles. The van der Waals surface area contributed by atoms with Gasteiger partial charge in [0.05, 0.1) is 60.6 Å². The average Bonchev–Trinajstić information content (AvgIpc) is 3.49. The maximum atomic E-state index is 14.0. The maximum Gasteiger partial charge on any atom is 0.203 e. The first-order valence-electron chi connectivity index (χ1n) is 12.5. The lowest BCUT2D eigenvalue weighted by atomic mass is 9.92. The molecule has 1 aromatic heterocycles. The lowest BCUT2D eigenvalue weighted by molar-refractivity contribution is 0.103. The zero-order valence-corrected chi connectivity index (χ0v) is 23.4. The monoisotopic (exact) mass is 544 g/mol. The number of pyridine rings is 1. The highest BCUT2D eigenvalue weighted by molar-refractivity contribution is 6.25. The third kappa shape index (κ3) is 5.63. The summed E-state index contributed by atoms with van der Waals surface area (Å²) in [4.78, 5) is 23.3. The smallest absolute Gasteiger partial charge is 0.203 e. The number of methoxy groups -OCH3 is 6. The second-order valence-electron chi connectivity index (χ2n) is 8.61. The van der Waals surface area contributed by atoms with Gasteiger partial charge in [-0.2, -0.15) is 0 Å². The lowest BCUT2D eigenvalue weighted by Gasteiger charge is -2.18.